The zero-order valence-electron chi connectivity index (χ0n) is 8.34. The molecule has 2 aromatic rings. The van der Waals surface area contributed by atoms with Crippen molar-refractivity contribution in [3.05, 3.63) is 23.5 Å². The Morgan fingerprint density at radius 1 is 1.69 bits per heavy atom. The Morgan fingerprint density at radius 2 is 2.44 bits per heavy atom. The van der Waals surface area contributed by atoms with E-state index in [4.69, 9.17) is 11.0 Å². The summed E-state index contributed by atoms with van der Waals surface area (Å²) in [7, 11) is 1.25. The summed E-state index contributed by atoms with van der Waals surface area (Å²) in [5.74, 6) is -0.439. The summed E-state index contributed by atoms with van der Waals surface area (Å²) >= 11 is 0. The van der Waals surface area contributed by atoms with Gasteiger partial charge in [0.1, 0.15) is 17.5 Å². The number of esters is 1. The summed E-state index contributed by atoms with van der Waals surface area (Å²) < 4.78 is 5.74. The van der Waals surface area contributed by atoms with Crippen molar-refractivity contribution >= 4 is 17.4 Å². The summed E-state index contributed by atoms with van der Waals surface area (Å²) in [4.78, 5) is 15.2. The summed E-state index contributed by atoms with van der Waals surface area (Å²) in [6, 6.07) is 3.31. The second-order valence-corrected chi connectivity index (χ2v) is 2.96. The average Bonchev–Trinajstić information content (AvgIpc) is 2.73. The van der Waals surface area contributed by atoms with Crippen molar-refractivity contribution < 1.29 is 9.53 Å². The number of hydrogen-bond donors (Lipinski definition) is 1. The van der Waals surface area contributed by atoms with Crippen LogP contribution in [0.4, 0.5) is 5.82 Å². The lowest BCUT2D eigenvalue weighted by molar-refractivity contribution is 0.0593. The van der Waals surface area contributed by atoms with Gasteiger partial charge < -0.3 is 10.5 Å². The van der Waals surface area contributed by atoms with Gasteiger partial charge in [0, 0.05) is 6.07 Å². The molecule has 0 amide bonds. The molecular weight excluding hydrogens is 210 g/mol. The van der Waals surface area contributed by atoms with Gasteiger partial charge in [-0.25, -0.2) is 9.78 Å². The van der Waals surface area contributed by atoms with Crippen molar-refractivity contribution in [1.82, 2.24) is 14.6 Å². The third kappa shape index (κ3) is 1.33. The van der Waals surface area contributed by atoms with Crippen molar-refractivity contribution in [2.75, 3.05) is 12.8 Å². The maximum atomic E-state index is 11.2. The van der Waals surface area contributed by atoms with Crippen LogP contribution < -0.4 is 5.73 Å². The Balaban J connectivity index is 2.68. The Kier molecular flexibility index (Phi) is 2.17. The molecule has 0 bridgehead atoms. The summed E-state index contributed by atoms with van der Waals surface area (Å²) in [6.45, 7) is 0. The first-order valence-corrected chi connectivity index (χ1v) is 4.30. The number of anilines is 1. The molecule has 2 N–H and O–H groups in total. The number of nitrogens with two attached hydrogens (primary N) is 1. The van der Waals surface area contributed by atoms with Crippen LogP contribution in [-0.2, 0) is 4.74 Å². The standard InChI is InChI=1S/C9H7N5O2/c1-16-9(15)6-2-7-12-4-5(3-10)8(11)14(7)13-6/h2,4H,11H2,1H3. The molecule has 0 aliphatic heterocycles. The van der Waals surface area contributed by atoms with Crippen molar-refractivity contribution in [2.45, 2.75) is 0 Å². The van der Waals surface area contributed by atoms with Gasteiger partial charge >= 0.3 is 5.97 Å². The van der Waals surface area contributed by atoms with Crippen LogP contribution in [0, 0.1) is 11.3 Å². The molecule has 0 radical (unpaired) electrons. The first-order chi connectivity index (χ1) is 7.67. The predicted molar refractivity (Wildman–Crippen MR) is 53.5 cm³/mol. The molecule has 0 unspecified atom stereocenters. The number of carbonyl (C=O) groups excluding carboxylic acids is 1. The Bertz CT molecular complexity index is 610. The van der Waals surface area contributed by atoms with Gasteiger partial charge in [-0.2, -0.15) is 14.9 Å². The normalized spacial score (nSPS) is 10.0. The number of carbonyl (C=O) groups is 1. The van der Waals surface area contributed by atoms with E-state index in [9.17, 15) is 4.79 Å². The maximum absolute atomic E-state index is 11.2. The van der Waals surface area contributed by atoms with Crippen LogP contribution in [0.15, 0.2) is 12.3 Å². The average molecular weight is 217 g/mol. The van der Waals surface area contributed by atoms with Crippen LogP contribution in [0.3, 0.4) is 0 Å². The largest absolute Gasteiger partial charge is 0.464 e. The minimum atomic E-state index is -0.580. The van der Waals surface area contributed by atoms with Gasteiger partial charge in [0.25, 0.3) is 0 Å². The van der Waals surface area contributed by atoms with Crippen molar-refractivity contribution in [2.24, 2.45) is 0 Å². The molecule has 2 heterocycles. The molecule has 0 atom stereocenters. The van der Waals surface area contributed by atoms with Crippen LogP contribution in [0.5, 0.6) is 0 Å². The van der Waals surface area contributed by atoms with E-state index in [1.807, 2.05) is 6.07 Å². The van der Waals surface area contributed by atoms with Crippen LogP contribution in [0.25, 0.3) is 5.65 Å². The second-order valence-electron chi connectivity index (χ2n) is 2.96. The lowest BCUT2D eigenvalue weighted by atomic mass is 10.3. The smallest absolute Gasteiger partial charge is 0.358 e. The van der Waals surface area contributed by atoms with E-state index >= 15 is 0 Å². The molecule has 0 fully saturated rings. The minimum Gasteiger partial charge on any atom is -0.464 e. The van der Waals surface area contributed by atoms with E-state index in [0.717, 1.165) is 0 Å². The fourth-order valence-electron chi connectivity index (χ4n) is 1.24. The van der Waals surface area contributed by atoms with Crippen LogP contribution in [0.1, 0.15) is 16.1 Å². The number of rotatable bonds is 1. The third-order valence-corrected chi connectivity index (χ3v) is 2.04. The minimum absolute atomic E-state index is 0.0942. The third-order valence-electron chi connectivity index (χ3n) is 2.04. The summed E-state index contributed by atoms with van der Waals surface area (Å²) in [5, 5.41) is 12.6. The molecule has 0 spiro atoms. The van der Waals surface area contributed by atoms with Gasteiger partial charge in [-0.05, 0) is 0 Å². The Hall–Kier alpha value is -2.62. The van der Waals surface area contributed by atoms with Gasteiger partial charge in [-0.15, -0.1) is 0 Å². The lowest BCUT2D eigenvalue weighted by Crippen LogP contribution is -2.05. The van der Waals surface area contributed by atoms with E-state index < -0.39 is 5.97 Å². The van der Waals surface area contributed by atoms with Gasteiger partial charge in [0.2, 0.25) is 0 Å². The van der Waals surface area contributed by atoms with Gasteiger partial charge in [0.05, 0.1) is 13.3 Å². The second kappa shape index (κ2) is 3.51. The highest BCUT2D eigenvalue weighted by molar-refractivity contribution is 5.88. The molecular formula is C9H7N5O2. The lowest BCUT2D eigenvalue weighted by Gasteiger charge is -1.98. The number of nitrogen functional groups attached to an aromatic ring is 1. The highest BCUT2D eigenvalue weighted by Gasteiger charge is 2.14. The number of aromatic nitrogens is 3. The fourth-order valence-corrected chi connectivity index (χ4v) is 1.24. The molecule has 0 saturated heterocycles. The molecule has 2 rings (SSSR count). The van der Waals surface area contributed by atoms with Crippen LogP contribution in [-0.4, -0.2) is 27.7 Å². The number of nitriles is 1. The molecule has 7 nitrogen and oxygen atoms in total. The highest BCUT2D eigenvalue weighted by atomic mass is 16.5. The highest BCUT2D eigenvalue weighted by Crippen LogP contribution is 2.13. The first kappa shape index (κ1) is 9.92. The zero-order valence-corrected chi connectivity index (χ0v) is 8.34. The number of fused-ring (bicyclic) bond motifs is 1. The van der Waals surface area contributed by atoms with Crippen LogP contribution in [0.2, 0.25) is 0 Å². The van der Waals surface area contributed by atoms with E-state index in [0.29, 0.717) is 5.65 Å². The Labute approximate surface area is 90.1 Å². The molecule has 2 aromatic heterocycles. The molecule has 80 valence electrons. The summed E-state index contributed by atoms with van der Waals surface area (Å²) in [5.41, 5.74) is 6.35. The monoisotopic (exact) mass is 217 g/mol. The molecule has 0 aliphatic rings. The molecule has 0 saturated carbocycles. The quantitative estimate of drug-likeness (QED) is 0.672. The maximum Gasteiger partial charge on any atom is 0.358 e. The number of nitrogens with zero attached hydrogens (tertiary/aromatic N) is 4. The Morgan fingerprint density at radius 3 is 3.06 bits per heavy atom. The van der Waals surface area contributed by atoms with E-state index in [1.165, 1.54) is 23.9 Å². The fraction of sp³-hybridized carbons (Fsp3) is 0.111. The topological polar surface area (TPSA) is 106 Å². The zero-order chi connectivity index (χ0) is 11.7. The number of ether oxygens (including phenoxy) is 1. The van der Waals surface area contributed by atoms with Gasteiger partial charge in [-0.1, -0.05) is 0 Å². The van der Waals surface area contributed by atoms with Gasteiger partial charge in [0.15, 0.2) is 11.3 Å². The van der Waals surface area contributed by atoms with Crippen molar-refractivity contribution in [3.8, 4) is 6.07 Å². The first-order valence-electron chi connectivity index (χ1n) is 4.30. The predicted octanol–water partition coefficient (Wildman–Crippen LogP) is -0.0302. The van der Waals surface area contributed by atoms with E-state index in [1.54, 1.807) is 0 Å². The number of hydrogen-bond acceptors (Lipinski definition) is 6. The van der Waals surface area contributed by atoms with Crippen molar-refractivity contribution in [3.63, 3.8) is 0 Å². The SMILES string of the molecule is COC(=O)c1cc2ncc(C#N)c(N)n2n1. The van der Waals surface area contributed by atoms with Gasteiger partial charge in [-0.3, -0.25) is 0 Å². The van der Waals surface area contributed by atoms with E-state index in [-0.39, 0.29) is 17.1 Å². The van der Waals surface area contributed by atoms with E-state index in [2.05, 4.69) is 14.8 Å². The molecule has 7 heteroatoms. The van der Waals surface area contributed by atoms with Crippen molar-refractivity contribution in [1.29, 1.82) is 5.26 Å². The number of methoxy groups -OCH3 is 1. The molecule has 0 aliphatic carbocycles. The molecule has 0 aromatic carbocycles. The van der Waals surface area contributed by atoms with Crippen LogP contribution >= 0.6 is 0 Å². The summed E-state index contributed by atoms with van der Waals surface area (Å²) in [6.07, 6.45) is 1.33. The molecule has 16 heavy (non-hydrogen) atoms.